The van der Waals surface area contributed by atoms with Gasteiger partial charge in [-0.2, -0.15) is 0 Å². The van der Waals surface area contributed by atoms with Crippen molar-refractivity contribution in [1.82, 2.24) is 0 Å². The Hall–Kier alpha value is -0.787. The molecule has 4 nitrogen and oxygen atoms in total. The molecule has 0 amide bonds. The minimum atomic E-state index is -4.84. The number of hydrogen-bond donors (Lipinski definition) is 2. The molecule has 0 aromatic heterocycles. The van der Waals surface area contributed by atoms with Crippen LogP contribution < -0.4 is 10.2 Å². The molecule has 0 atom stereocenters. The van der Waals surface area contributed by atoms with E-state index in [1.165, 1.54) is 12.1 Å². The van der Waals surface area contributed by atoms with Crippen LogP contribution in [0.25, 0.3) is 0 Å². The van der Waals surface area contributed by atoms with E-state index in [4.69, 9.17) is 10.0 Å². The van der Waals surface area contributed by atoms with Crippen LogP contribution in [0.15, 0.2) is 28.0 Å². The number of para-hydroxylation sites is 1. The van der Waals surface area contributed by atoms with Gasteiger partial charge in [0.05, 0.1) is 0 Å². The Morgan fingerprint density at radius 2 is 1.71 bits per heavy atom. The first kappa shape index (κ1) is 16.2. The van der Waals surface area contributed by atoms with Crippen LogP contribution in [0.1, 0.15) is 0 Å². The van der Waals surface area contributed by atoms with E-state index in [-0.39, 0.29) is 5.46 Å². The average Bonchev–Trinajstić information content (AvgIpc) is 2.16. The SMILES string of the molecule is F[N]=[W].OB(O)c1ccccc1OC(F)(F)F. The van der Waals surface area contributed by atoms with Gasteiger partial charge in [0, 0.05) is 5.46 Å². The number of hydrogen-bond acceptors (Lipinski definition) is 4. The summed E-state index contributed by atoms with van der Waals surface area (Å²) in [6.45, 7) is 0. The van der Waals surface area contributed by atoms with Crippen molar-refractivity contribution in [3.8, 4) is 5.75 Å². The molecule has 2 N–H and O–H groups in total. The third kappa shape index (κ3) is 7.20. The molecule has 0 unspecified atom stereocenters. The van der Waals surface area contributed by atoms with E-state index in [2.05, 4.69) is 8.45 Å². The first-order chi connectivity index (χ1) is 7.81. The van der Waals surface area contributed by atoms with E-state index in [9.17, 15) is 17.7 Å². The Kier molecular flexibility index (Phi) is 7.17. The predicted octanol–water partition coefficient (Wildman–Crippen LogP) is 0.866. The molecule has 1 rings (SSSR count). The zero-order valence-electron chi connectivity index (χ0n) is 8.06. The zero-order valence-corrected chi connectivity index (χ0v) is 11.0. The number of alkyl halides is 3. The van der Waals surface area contributed by atoms with Gasteiger partial charge in [0.25, 0.3) is 0 Å². The fraction of sp³-hybridized carbons (Fsp3) is 0.143. The first-order valence-electron chi connectivity index (χ1n) is 3.96. The molecular formula is C7H6BF4NO3W. The summed E-state index contributed by atoms with van der Waals surface area (Å²) in [6, 6.07) is 4.80. The molecule has 1 aromatic rings. The molecule has 0 fully saturated rings. The van der Waals surface area contributed by atoms with Gasteiger partial charge in [0.1, 0.15) is 5.75 Å². The summed E-state index contributed by atoms with van der Waals surface area (Å²) in [5.74, 6) is -0.616. The normalized spacial score (nSPS) is 10.0. The summed E-state index contributed by atoms with van der Waals surface area (Å²) in [7, 11) is -1.99. The second kappa shape index (κ2) is 7.52. The summed E-state index contributed by atoms with van der Waals surface area (Å²) in [5.41, 5.74) is -0.329. The van der Waals surface area contributed by atoms with E-state index in [0.29, 0.717) is 19.6 Å². The number of halogens is 4. The quantitative estimate of drug-likeness (QED) is 0.549. The second-order valence-electron chi connectivity index (χ2n) is 2.53. The largest absolute Gasteiger partial charge is 0.573 e. The Morgan fingerprint density at radius 3 is 2.12 bits per heavy atom. The molecule has 0 radical (unpaired) electrons. The molecule has 0 spiro atoms. The fourth-order valence-corrected chi connectivity index (χ4v) is 0.911. The predicted molar refractivity (Wildman–Crippen MR) is 46.5 cm³/mol. The van der Waals surface area contributed by atoms with E-state index in [1.807, 2.05) is 0 Å². The average molecular weight is 423 g/mol. The van der Waals surface area contributed by atoms with Crippen LogP contribution in [0.5, 0.6) is 5.75 Å². The molecule has 17 heavy (non-hydrogen) atoms. The molecule has 94 valence electrons. The van der Waals surface area contributed by atoms with Gasteiger partial charge in [-0.15, -0.1) is 13.2 Å². The number of nitrogens with zero attached hydrogens (tertiary/aromatic N) is 1. The van der Waals surface area contributed by atoms with Crippen molar-refractivity contribution < 1.29 is 52.1 Å². The van der Waals surface area contributed by atoms with Gasteiger partial charge in [-0.1, -0.05) is 18.2 Å². The van der Waals surface area contributed by atoms with Gasteiger partial charge in [-0.3, -0.25) is 0 Å². The Morgan fingerprint density at radius 1 is 1.24 bits per heavy atom. The molecule has 0 saturated carbocycles. The monoisotopic (exact) mass is 423 g/mol. The van der Waals surface area contributed by atoms with Crippen LogP contribution in [0.2, 0.25) is 0 Å². The van der Waals surface area contributed by atoms with Crippen LogP contribution >= 0.6 is 0 Å². The van der Waals surface area contributed by atoms with Crippen molar-refractivity contribution in [3.05, 3.63) is 24.3 Å². The minimum Gasteiger partial charge on any atom is -0.423 e. The molecule has 0 saturated heterocycles. The number of rotatable bonds is 2. The van der Waals surface area contributed by atoms with Gasteiger partial charge < -0.3 is 14.8 Å². The third-order valence-corrected chi connectivity index (χ3v) is 1.42. The van der Waals surface area contributed by atoms with Crippen LogP contribution in [0, 0.1) is 0 Å². The number of benzene rings is 1. The summed E-state index contributed by atoms with van der Waals surface area (Å²) < 4.78 is 51.0. The van der Waals surface area contributed by atoms with Crippen molar-refractivity contribution >= 4 is 12.6 Å². The smallest absolute Gasteiger partial charge is 0.423 e. The summed E-state index contributed by atoms with van der Waals surface area (Å²) in [6.07, 6.45) is -4.84. The molecular weight excluding hydrogens is 417 g/mol. The van der Waals surface area contributed by atoms with E-state index < -0.39 is 19.2 Å². The van der Waals surface area contributed by atoms with Crippen molar-refractivity contribution in [1.29, 1.82) is 0 Å². The molecule has 1 aromatic carbocycles. The van der Waals surface area contributed by atoms with Crippen molar-refractivity contribution in [3.63, 3.8) is 0 Å². The molecule has 10 heteroatoms. The van der Waals surface area contributed by atoms with Gasteiger partial charge in [0.15, 0.2) is 0 Å². The van der Waals surface area contributed by atoms with Gasteiger partial charge in [-0.05, 0) is 6.07 Å². The van der Waals surface area contributed by atoms with E-state index >= 15 is 0 Å². The molecule has 0 aliphatic carbocycles. The van der Waals surface area contributed by atoms with Crippen LogP contribution in [-0.2, 0) is 19.6 Å². The maximum absolute atomic E-state index is 11.8. The van der Waals surface area contributed by atoms with Gasteiger partial charge in [-0.25, -0.2) is 0 Å². The van der Waals surface area contributed by atoms with Crippen molar-refractivity contribution in [2.75, 3.05) is 0 Å². The molecule has 0 aliphatic rings. The zero-order chi connectivity index (χ0) is 13.5. The maximum Gasteiger partial charge on any atom is 0.573 e. The van der Waals surface area contributed by atoms with E-state index in [1.54, 1.807) is 0 Å². The molecule has 0 aliphatic heterocycles. The van der Waals surface area contributed by atoms with Gasteiger partial charge in [0.2, 0.25) is 0 Å². The Balaban J connectivity index is 0.000000770. The summed E-state index contributed by atoms with van der Waals surface area (Å²) in [5, 5.41) is 17.4. The molecule has 0 bridgehead atoms. The summed E-state index contributed by atoms with van der Waals surface area (Å²) in [4.78, 5) is 0. The minimum absolute atomic E-state index is 0.329. The van der Waals surface area contributed by atoms with Crippen molar-refractivity contribution in [2.24, 2.45) is 3.72 Å². The third-order valence-electron chi connectivity index (χ3n) is 1.42. The molecule has 0 heterocycles. The fourth-order valence-electron chi connectivity index (χ4n) is 0.911. The van der Waals surface area contributed by atoms with E-state index in [0.717, 1.165) is 12.1 Å². The maximum atomic E-state index is 11.8. The Bertz CT molecular complexity index is 363. The van der Waals surface area contributed by atoms with Gasteiger partial charge >= 0.3 is 41.3 Å². The standard InChI is InChI=1S/C7H6BF3O3.FN.W/c9-7(10,11)14-6-4-2-1-3-5(6)8(12)13;1-2;/h1-4,12-13H;;. The second-order valence-corrected chi connectivity index (χ2v) is 3.02. The first-order valence-corrected chi connectivity index (χ1v) is 5.27. The van der Waals surface area contributed by atoms with Crippen LogP contribution in [0.3, 0.4) is 0 Å². The topological polar surface area (TPSA) is 62.1 Å². The van der Waals surface area contributed by atoms with Crippen LogP contribution in [-0.4, -0.2) is 23.5 Å². The summed E-state index contributed by atoms with van der Waals surface area (Å²) >= 11 is 0.630. The van der Waals surface area contributed by atoms with Crippen molar-refractivity contribution in [2.45, 2.75) is 6.36 Å². The number of ether oxygens (including phenoxy) is 1. The van der Waals surface area contributed by atoms with Crippen LogP contribution in [0.4, 0.5) is 17.7 Å². The Labute approximate surface area is 105 Å².